The largest absolute Gasteiger partial charge is 0.0616 e. The van der Waals surface area contributed by atoms with E-state index >= 15 is 0 Å². The van der Waals surface area contributed by atoms with Crippen molar-refractivity contribution in [2.24, 2.45) is 0 Å². The molecule has 0 spiro atoms. The Balaban J connectivity index is 1.09. The van der Waals surface area contributed by atoms with Gasteiger partial charge in [-0.1, -0.05) is 182 Å². The fraction of sp³-hybridized carbons (Fsp3) is 0. The highest BCUT2D eigenvalue weighted by Gasteiger charge is 2.15. The van der Waals surface area contributed by atoms with Crippen molar-refractivity contribution < 1.29 is 0 Å². The first kappa shape index (κ1) is 30.6. The van der Waals surface area contributed by atoms with Gasteiger partial charge in [-0.05, 0) is 133 Å². The van der Waals surface area contributed by atoms with Crippen LogP contribution in [0, 0.1) is 0 Å². The van der Waals surface area contributed by atoms with E-state index < -0.39 is 0 Å². The maximum Gasteiger partial charge on any atom is -0.00928 e. The zero-order valence-electron chi connectivity index (χ0n) is 29.6. The predicted octanol–water partition coefficient (Wildman–Crippen LogP) is 15.3. The fourth-order valence-electron chi connectivity index (χ4n) is 8.80. The zero-order valence-corrected chi connectivity index (χ0v) is 29.6. The monoisotopic (exact) mass is 682 g/mol. The van der Waals surface area contributed by atoms with Gasteiger partial charge in [-0.2, -0.15) is 0 Å². The summed E-state index contributed by atoms with van der Waals surface area (Å²) in [5.41, 5.74) is 9.91. The smallest absolute Gasteiger partial charge is 0.00928 e. The molecule has 54 heavy (non-hydrogen) atoms. The molecule has 0 heteroatoms. The molecule has 250 valence electrons. The van der Waals surface area contributed by atoms with Crippen LogP contribution in [-0.4, -0.2) is 0 Å². The molecule has 0 bridgehead atoms. The van der Waals surface area contributed by atoms with E-state index in [1.54, 1.807) is 0 Å². The first-order chi connectivity index (χ1) is 26.8. The van der Waals surface area contributed by atoms with E-state index in [2.05, 4.69) is 206 Å². The lowest BCUT2D eigenvalue weighted by atomic mass is 9.88. The quantitative estimate of drug-likeness (QED) is 0.162. The van der Waals surface area contributed by atoms with Crippen molar-refractivity contribution in [3.63, 3.8) is 0 Å². The summed E-state index contributed by atoms with van der Waals surface area (Å²) in [4.78, 5) is 0. The highest BCUT2D eigenvalue weighted by molar-refractivity contribution is 6.17. The Morgan fingerprint density at radius 1 is 0.167 bits per heavy atom. The van der Waals surface area contributed by atoms with Crippen LogP contribution >= 0.6 is 0 Å². The van der Waals surface area contributed by atoms with Crippen molar-refractivity contribution in [1.82, 2.24) is 0 Å². The molecule has 0 aliphatic carbocycles. The highest BCUT2D eigenvalue weighted by atomic mass is 14.2. The Bertz CT molecular complexity index is 3020. The maximum atomic E-state index is 2.40. The predicted molar refractivity (Wildman–Crippen MR) is 233 cm³/mol. The van der Waals surface area contributed by atoms with Gasteiger partial charge < -0.3 is 0 Å². The van der Waals surface area contributed by atoms with Crippen LogP contribution in [0.1, 0.15) is 0 Å². The average Bonchev–Trinajstić information content (AvgIpc) is 3.25. The molecular weight excluding hydrogens is 649 g/mol. The van der Waals surface area contributed by atoms with Gasteiger partial charge in [0.25, 0.3) is 0 Å². The van der Waals surface area contributed by atoms with Crippen molar-refractivity contribution in [2.45, 2.75) is 0 Å². The molecule has 0 atom stereocenters. The molecule has 0 unspecified atom stereocenters. The average molecular weight is 683 g/mol. The number of benzene rings is 11. The molecule has 0 amide bonds. The summed E-state index contributed by atoms with van der Waals surface area (Å²) < 4.78 is 0. The summed E-state index contributed by atoms with van der Waals surface area (Å²) in [6.45, 7) is 0. The van der Waals surface area contributed by atoms with Gasteiger partial charge in [0.1, 0.15) is 0 Å². The van der Waals surface area contributed by atoms with Crippen LogP contribution < -0.4 is 0 Å². The number of hydrogen-bond donors (Lipinski definition) is 0. The molecular formula is C54H34. The van der Waals surface area contributed by atoms with E-state index in [0.29, 0.717) is 0 Å². The number of fused-ring (bicyclic) bond motifs is 8. The van der Waals surface area contributed by atoms with Crippen LogP contribution in [0.5, 0.6) is 0 Å². The molecule has 0 aliphatic rings. The van der Waals surface area contributed by atoms with Crippen LogP contribution in [0.15, 0.2) is 206 Å². The number of hydrogen-bond acceptors (Lipinski definition) is 0. The van der Waals surface area contributed by atoms with Gasteiger partial charge in [-0.25, -0.2) is 0 Å². The highest BCUT2D eigenvalue weighted by Crippen LogP contribution is 2.42. The molecule has 11 aromatic carbocycles. The van der Waals surface area contributed by atoms with E-state index in [1.165, 1.54) is 109 Å². The summed E-state index contributed by atoms with van der Waals surface area (Å²) in [7, 11) is 0. The summed E-state index contributed by atoms with van der Waals surface area (Å²) >= 11 is 0. The first-order valence-corrected chi connectivity index (χ1v) is 18.7. The minimum absolute atomic E-state index is 1.21. The second kappa shape index (κ2) is 12.3. The van der Waals surface area contributed by atoms with Crippen molar-refractivity contribution in [2.75, 3.05) is 0 Å². The zero-order chi connectivity index (χ0) is 35.6. The van der Waals surface area contributed by atoms with Crippen LogP contribution in [0.3, 0.4) is 0 Å². The standard InChI is InChI=1S/C54H34/c1-5-17-43-35(11-1)15-9-21-45(43)41-27-29-49-47-19-7-3-13-39(47)31-51(53(49)33-41)37-23-25-38(26-24-37)52-32-40-14-4-8-20-48(40)50-30-28-42(34-54(50)52)46-22-10-16-36-12-2-6-18-44(36)46/h1-34H. The molecule has 0 N–H and O–H groups in total. The molecule has 0 aromatic heterocycles. The van der Waals surface area contributed by atoms with Crippen molar-refractivity contribution in [3.8, 4) is 44.5 Å². The van der Waals surface area contributed by atoms with Gasteiger partial charge >= 0.3 is 0 Å². The van der Waals surface area contributed by atoms with Crippen molar-refractivity contribution in [1.29, 1.82) is 0 Å². The normalized spacial score (nSPS) is 11.7. The van der Waals surface area contributed by atoms with Gasteiger partial charge in [0.15, 0.2) is 0 Å². The molecule has 0 fully saturated rings. The fourth-order valence-corrected chi connectivity index (χ4v) is 8.80. The lowest BCUT2D eigenvalue weighted by Crippen LogP contribution is -1.89. The van der Waals surface area contributed by atoms with E-state index in [9.17, 15) is 0 Å². The molecule has 0 saturated heterocycles. The van der Waals surface area contributed by atoms with Gasteiger partial charge in [0.05, 0.1) is 0 Å². The molecule has 11 rings (SSSR count). The summed E-state index contributed by atoms with van der Waals surface area (Å²) in [6, 6.07) is 76.2. The van der Waals surface area contributed by atoms with Crippen LogP contribution in [0.4, 0.5) is 0 Å². The van der Waals surface area contributed by atoms with Crippen LogP contribution in [0.2, 0.25) is 0 Å². The van der Waals surface area contributed by atoms with Gasteiger partial charge in [-0.15, -0.1) is 0 Å². The Morgan fingerprint density at radius 3 is 0.963 bits per heavy atom. The molecule has 0 radical (unpaired) electrons. The Morgan fingerprint density at radius 2 is 0.519 bits per heavy atom. The van der Waals surface area contributed by atoms with E-state index in [4.69, 9.17) is 0 Å². The van der Waals surface area contributed by atoms with E-state index in [-0.39, 0.29) is 0 Å². The Kier molecular flexibility index (Phi) is 6.97. The second-order valence-corrected chi connectivity index (χ2v) is 14.4. The summed E-state index contributed by atoms with van der Waals surface area (Å²) in [5, 5.41) is 15.2. The van der Waals surface area contributed by atoms with Gasteiger partial charge in [-0.3, -0.25) is 0 Å². The Labute approximate surface area is 314 Å². The first-order valence-electron chi connectivity index (χ1n) is 18.7. The minimum Gasteiger partial charge on any atom is -0.0616 e. The van der Waals surface area contributed by atoms with Crippen LogP contribution in [-0.2, 0) is 0 Å². The lowest BCUT2D eigenvalue weighted by molar-refractivity contribution is 1.63. The van der Waals surface area contributed by atoms with E-state index in [0.717, 1.165) is 0 Å². The van der Waals surface area contributed by atoms with E-state index in [1.807, 2.05) is 0 Å². The maximum absolute atomic E-state index is 2.40. The van der Waals surface area contributed by atoms with Crippen molar-refractivity contribution in [3.05, 3.63) is 206 Å². The third-order valence-electron chi connectivity index (χ3n) is 11.4. The number of rotatable bonds is 4. The molecule has 0 heterocycles. The van der Waals surface area contributed by atoms with Gasteiger partial charge in [0, 0.05) is 0 Å². The lowest BCUT2D eigenvalue weighted by Gasteiger charge is -2.16. The SMILES string of the molecule is c1ccc2c(-c3ccc4c(c3)c(-c3ccc(-c5cc6ccccc6c6ccc(-c7cccc8ccccc78)cc56)cc3)cc3ccccc34)cccc2c1. The van der Waals surface area contributed by atoms with Crippen LogP contribution in [0.25, 0.3) is 109 Å². The van der Waals surface area contributed by atoms with Crippen molar-refractivity contribution >= 4 is 64.6 Å². The molecule has 0 saturated carbocycles. The van der Waals surface area contributed by atoms with Gasteiger partial charge in [0.2, 0.25) is 0 Å². The summed E-state index contributed by atoms with van der Waals surface area (Å²) in [6.07, 6.45) is 0. The minimum atomic E-state index is 1.21. The third kappa shape index (κ3) is 4.92. The summed E-state index contributed by atoms with van der Waals surface area (Å²) in [5.74, 6) is 0. The Hall–Kier alpha value is -7.02. The molecule has 0 nitrogen and oxygen atoms in total. The topological polar surface area (TPSA) is 0 Å². The third-order valence-corrected chi connectivity index (χ3v) is 11.4. The molecule has 0 aliphatic heterocycles. The molecule has 11 aromatic rings. The second-order valence-electron chi connectivity index (χ2n) is 14.4.